The number of H-pyrrole nitrogens is 1. The van der Waals surface area contributed by atoms with Gasteiger partial charge < -0.3 is 14.7 Å². The number of aromatic amines is 1. The van der Waals surface area contributed by atoms with Gasteiger partial charge >= 0.3 is 0 Å². The number of halogens is 1. The van der Waals surface area contributed by atoms with Gasteiger partial charge in [-0.3, -0.25) is 0 Å². The standard InChI is InChI=1S/C17H17FN6/c1-3-10(2)22-17-21-8-13-12(7-20-15(13)23-17)11-6-14(18)16-19-4-5-24(16)9-11/h4-10H,3H2,1-2H3,(H2,20,21,22,23). The summed E-state index contributed by atoms with van der Waals surface area (Å²) >= 11 is 0. The van der Waals surface area contributed by atoms with Gasteiger partial charge in [-0.1, -0.05) is 6.92 Å². The maximum Gasteiger partial charge on any atom is 0.224 e. The van der Waals surface area contributed by atoms with Crippen LogP contribution in [0, 0.1) is 5.82 Å². The van der Waals surface area contributed by atoms with Crippen LogP contribution in [-0.4, -0.2) is 30.4 Å². The van der Waals surface area contributed by atoms with Crippen LogP contribution in [0.15, 0.2) is 37.1 Å². The third-order valence-electron chi connectivity index (χ3n) is 4.17. The Hall–Kier alpha value is -2.96. The van der Waals surface area contributed by atoms with Crippen molar-refractivity contribution in [2.24, 2.45) is 0 Å². The number of nitrogens with one attached hydrogen (secondary N) is 2. The van der Waals surface area contributed by atoms with Crippen LogP contribution in [0.4, 0.5) is 10.3 Å². The highest BCUT2D eigenvalue weighted by Gasteiger charge is 2.13. The maximum absolute atomic E-state index is 14.2. The third kappa shape index (κ3) is 2.38. The summed E-state index contributed by atoms with van der Waals surface area (Å²) in [6.07, 6.45) is 9.72. The summed E-state index contributed by atoms with van der Waals surface area (Å²) in [7, 11) is 0. The SMILES string of the molecule is CCC(C)Nc1ncc2c(-c3cc(F)c4nccn4c3)c[nH]c2n1. The molecule has 0 radical (unpaired) electrons. The summed E-state index contributed by atoms with van der Waals surface area (Å²) in [4.78, 5) is 16.0. The number of hydrogen-bond donors (Lipinski definition) is 2. The van der Waals surface area contributed by atoms with Gasteiger partial charge in [0.1, 0.15) is 5.65 Å². The second-order valence-corrected chi connectivity index (χ2v) is 5.85. The number of hydrogen-bond acceptors (Lipinski definition) is 4. The molecule has 0 saturated heterocycles. The zero-order valence-electron chi connectivity index (χ0n) is 13.4. The van der Waals surface area contributed by atoms with Crippen LogP contribution >= 0.6 is 0 Å². The lowest BCUT2D eigenvalue weighted by Crippen LogP contribution is -2.15. The number of aromatic nitrogens is 5. The van der Waals surface area contributed by atoms with E-state index in [-0.39, 0.29) is 5.82 Å². The van der Waals surface area contributed by atoms with Crippen molar-refractivity contribution in [1.29, 1.82) is 0 Å². The molecule has 24 heavy (non-hydrogen) atoms. The highest BCUT2D eigenvalue weighted by Crippen LogP contribution is 2.29. The van der Waals surface area contributed by atoms with E-state index in [0.717, 1.165) is 28.6 Å². The molecular weight excluding hydrogens is 307 g/mol. The Morgan fingerprint density at radius 1 is 1.38 bits per heavy atom. The lowest BCUT2D eigenvalue weighted by atomic mass is 10.1. The predicted molar refractivity (Wildman–Crippen MR) is 91.4 cm³/mol. The predicted octanol–water partition coefficient (Wildman–Crippen LogP) is 3.62. The molecule has 4 rings (SSSR count). The van der Waals surface area contributed by atoms with Crippen LogP contribution in [0.25, 0.3) is 27.8 Å². The Morgan fingerprint density at radius 2 is 2.25 bits per heavy atom. The molecule has 0 aliphatic carbocycles. The van der Waals surface area contributed by atoms with Crippen molar-refractivity contribution in [2.45, 2.75) is 26.3 Å². The van der Waals surface area contributed by atoms with Crippen LogP contribution in [0.5, 0.6) is 0 Å². The summed E-state index contributed by atoms with van der Waals surface area (Å²) in [5, 5.41) is 4.10. The van der Waals surface area contributed by atoms with Crippen molar-refractivity contribution >= 4 is 22.6 Å². The molecule has 0 fully saturated rings. The molecule has 4 aromatic rings. The first-order chi connectivity index (χ1) is 11.7. The molecule has 0 amide bonds. The highest BCUT2D eigenvalue weighted by atomic mass is 19.1. The van der Waals surface area contributed by atoms with Crippen molar-refractivity contribution in [3.63, 3.8) is 0 Å². The van der Waals surface area contributed by atoms with Gasteiger partial charge in [0.25, 0.3) is 0 Å². The average Bonchev–Trinajstić information content (AvgIpc) is 3.20. The van der Waals surface area contributed by atoms with E-state index in [1.807, 2.05) is 12.4 Å². The van der Waals surface area contributed by atoms with Gasteiger partial charge in [0.15, 0.2) is 11.5 Å². The van der Waals surface area contributed by atoms with Gasteiger partial charge in [0, 0.05) is 53.5 Å². The quantitative estimate of drug-likeness (QED) is 0.601. The van der Waals surface area contributed by atoms with Gasteiger partial charge in [-0.15, -0.1) is 0 Å². The van der Waals surface area contributed by atoms with Gasteiger partial charge in [-0.2, -0.15) is 4.98 Å². The van der Waals surface area contributed by atoms with Crippen molar-refractivity contribution in [1.82, 2.24) is 24.3 Å². The fourth-order valence-corrected chi connectivity index (χ4v) is 2.68. The number of nitrogens with zero attached hydrogens (tertiary/aromatic N) is 4. The number of rotatable bonds is 4. The molecule has 0 aromatic carbocycles. The molecule has 7 heteroatoms. The summed E-state index contributed by atoms with van der Waals surface area (Å²) in [5.74, 6) is 0.226. The van der Waals surface area contributed by atoms with E-state index in [9.17, 15) is 4.39 Å². The summed E-state index contributed by atoms with van der Waals surface area (Å²) < 4.78 is 15.9. The minimum absolute atomic E-state index is 0.301. The molecule has 4 heterocycles. The first-order valence-electron chi connectivity index (χ1n) is 7.89. The van der Waals surface area contributed by atoms with E-state index in [4.69, 9.17) is 0 Å². The topological polar surface area (TPSA) is 70.9 Å². The molecule has 2 N–H and O–H groups in total. The molecule has 122 valence electrons. The Kier molecular flexibility index (Phi) is 3.41. The molecule has 6 nitrogen and oxygen atoms in total. The summed E-state index contributed by atoms with van der Waals surface area (Å²) in [6.45, 7) is 4.18. The van der Waals surface area contributed by atoms with Crippen LogP contribution in [0.3, 0.4) is 0 Å². The molecule has 1 atom stereocenters. The fraction of sp³-hybridized carbons (Fsp3) is 0.235. The lowest BCUT2D eigenvalue weighted by molar-refractivity contribution is 0.630. The molecule has 0 aliphatic heterocycles. The van der Waals surface area contributed by atoms with Crippen molar-refractivity contribution in [2.75, 3.05) is 5.32 Å². The van der Waals surface area contributed by atoms with E-state index in [1.165, 1.54) is 6.07 Å². The van der Waals surface area contributed by atoms with Gasteiger partial charge in [0.2, 0.25) is 5.95 Å². The first-order valence-corrected chi connectivity index (χ1v) is 7.89. The molecule has 0 spiro atoms. The lowest BCUT2D eigenvalue weighted by Gasteiger charge is -2.10. The minimum atomic E-state index is -0.358. The Labute approximate surface area is 137 Å². The Balaban J connectivity index is 1.78. The molecule has 1 unspecified atom stereocenters. The molecule has 0 bridgehead atoms. The molecule has 0 aliphatic rings. The number of imidazole rings is 1. The summed E-state index contributed by atoms with van der Waals surface area (Å²) in [6, 6.07) is 1.78. The highest BCUT2D eigenvalue weighted by molar-refractivity contribution is 5.93. The monoisotopic (exact) mass is 324 g/mol. The average molecular weight is 324 g/mol. The maximum atomic E-state index is 14.2. The first kappa shape index (κ1) is 14.6. The van der Waals surface area contributed by atoms with Crippen LogP contribution in [0.1, 0.15) is 20.3 Å². The van der Waals surface area contributed by atoms with Gasteiger partial charge in [-0.05, 0) is 19.4 Å². The number of fused-ring (bicyclic) bond motifs is 2. The second-order valence-electron chi connectivity index (χ2n) is 5.85. The smallest absolute Gasteiger partial charge is 0.224 e. The van der Waals surface area contributed by atoms with Crippen LogP contribution in [-0.2, 0) is 0 Å². The number of anilines is 1. The van der Waals surface area contributed by atoms with Crippen LogP contribution < -0.4 is 5.32 Å². The van der Waals surface area contributed by atoms with E-state index in [2.05, 4.69) is 39.1 Å². The number of pyridine rings is 1. The normalized spacial score (nSPS) is 12.8. The fourth-order valence-electron chi connectivity index (χ4n) is 2.68. The minimum Gasteiger partial charge on any atom is -0.352 e. The molecular formula is C17H17FN6. The summed E-state index contributed by atoms with van der Waals surface area (Å²) in [5.41, 5.74) is 2.64. The van der Waals surface area contributed by atoms with E-state index >= 15 is 0 Å². The Morgan fingerprint density at radius 3 is 3.08 bits per heavy atom. The van der Waals surface area contributed by atoms with Gasteiger partial charge in [0.05, 0.1) is 0 Å². The van der Waals surface area contributed by atoms with Crippen molar-refractivity contribution in [3.05, 3.63) is 42.9 Å². The second kappa shape index (κ2) is 5.59. The molecule has 4 aromatic heterocycles. The Bertz CT molecular complexity index is 1020. The van der Waals surface area contributed by atoms with E-state index in [0.29, 0.717) is 17.6 Å². The molecule has 0 saturated carbocycles. The van der Waals surface area contributed by atoms with Crippen molar-refractivity contribution < 1.29 is 4.39 Å². The third-order valence-corrected chi connectivity index (χ3v) is 4.17. The zero-order chi connectivity index (χ0) is 16.7. The van der Waals surface area contributed by atoms with E-state index < -0.39 is 0 Å². The van der Waals surface area contributed by atoms with E-state index in [1.54, 1.807) is 23.0 Å². The van der Waals surface area contributed by atoms with Gasteiger partial charge in [-0.25, -0.2) is 14.4 Å². The van der Waals surface area contributed by atoms with Crippen molar-refractivity contribution in [3.8, 4) is 11.1 Å². The van der Waals surface area contributed by atoms with Crippen LogP contribution in [0.2, 0.25) is 0 Å². The zero-order valence-corrected chi connectivity index (χ0v) is 13.4. The largest absolute Gasteiger partial charge is 0.352 e.